The molecule has 0 aliphatic rings. The van der Waals surface area contributed by atoms with Gasteiger partial charge in [-0.05, 0) is 25.9 Å². The average molecular weight is 483 g/mol. The van der Waals surface area contributed by atoms with E-state index < -0.39 is 5.97 Å². The number of rotatable bonds is 29. The lowest BCUT2D eigenvalue weighted by atomic mass is 10.4. The highest BCUT2D eigenvalue weighted by Gasteiger charge is 1.97. The van der Waals surface area contributed by atoms with Crippen molar-refractivity contribution in [2.24, 2.45) is 0 Å². The number of aliphatic carboxylic acids is 1. The minimum atomic E-state index is -0.849. The summed E-state index contributed by atoms with van der Waals surface area (Å²) in [5.41, 5.74) is 0. The van der Waals surface area contributed by atoms with E-state index in [1.54, 1.807) is 7.11 Å². The van der Waals surface area contributed by atoms with E-state index in [1.165, 1.54) is 0 Å². The molecule has 0 radical (unpaired) electrons. The van der Waals surface area contributed by atoms with Crippen molar-refractivity contribution in [3.8, 4) is 0 Å². The van der Waals surface area contributed by atoms with Crippen LogP contribution in [0.25, 0.3) is 0 Å². The second-order valence-electron chi connectivity index (χ2n) is 7.02. The first kappa shape index (κ1) is 32.1. The molecule has 0 saturated heterocycles. The molecular formula is C22H46N2O9. The molecule has 0 bridgehead atoms. The monoisotopic (exact) mass is 482 g/mol. The maximum atomic E-state index is 10.3. The lowest BCUT2D eigenvalue weighted by Gasteiger charge is -2.08. The van der Waals surface area contributed by atoms with Crippen LogP contribution in [0.2, 0.25) is 0 Å². The SMILES string of the molecule is COCCOCCOCCOCCNCCCOCCNCCCOCCOCCC(=O)O. The largest absolute Gasteiger partial charge is 0.481 e. The van der Waals surface area contributed by atoms with Gasteiger partial charge in [-0.1, -0.05) is 0 Å². The summed E-state index contributed by atoms with van der Waals surface area (Å²) < 4.78 is 37.2. The molecule has 0 unspecified atom stereocenters. The zero-order valence-corrected chi connectivity index (χ0v) is 20.4. The zero-order chi connectivity index (χ0) is 24.1. The van der Waals surface area contributed by atoms with Gasteiger partial charge in [-0.15, -0.1) is 0 Å². The standard InChI is InChI=1S/C22H46N2O9/c1-27-14-15-32-20-21-33-19-18-31-13-8-24-5-2-9-28-12-7-23-6-3-10-29-16-17-30-11-4-22(25)26/h23-24H,2-21H2,1H3,(H,25,26). The number of carboxylic acid groups (broad SMARTS) is 1. The number of ether oxygens (including phenoxy) is 7. The summed E-state index contributed by atoms with van der Waals surface area (Å²) in [6, 6.07) is 0. The summed E-state index contributed by atoms with van der Waals surface area (Å²) in [6.07, 6.45) is 1.91. The molecule has 0 rings (SSSR count). The highest BCUT2D eigenvalue weighted by atomic mass is 16.6. The highest BCUT2D eigenvalue weighted by molar-refractivity contribution is 5.66. The molecule has 0 heterocycles. The van der Waals surface area contributed by atoms with Gasteiger partial charge in [-0.3, -0.25) is 4.79 Å². The number of methoxy groups -OCH3 is 1. The van der Waals surface area contributed by atoms with Crippen LogP contribution < -0.4 is 10.6 Å². The first-order valence-electron chi connectivity index (χ1n) is 11.9. The van der Waals surface area contributed by atoms with Crippen molar-refractivity contribution in [2.75, 3.05) is 119 Å². The summed E-state index contributed by atoms with van der Waals surface area (Å²) in [4.78, 5) is 10.3. The minimum Gasteiger partial charge on any atom is -0.481 e. The van der Waals surface area contributed by atoms with E-state index in [4.69, 9.17) is 38.3 Å². The molecule has 198 valence electrons. The highest BCUT2D eigenvalue weighted by Crippen LogP contribution is 1.86. The lowest BCUT2D eigenvalue weighted by molar-refractivity contribution is -0.138. The van der Waals surface area contributed by atoms with Gasteiger partial charge in [0.05, 0.1) is 79.1 Å². The normalized spacial score (nSPS) is 11.3. The van der Waals surface area contributed by atoms with Crippen LogP contribution in [0, 0.1) is 0 Å². The Morgan fingerprint density at radius 3 is 1.42 bits per heavy atom. The fraction of sp³-hybridized carbons (Fsp3) is 0.955. The molecule has 0 aromatic rings. The molecule has 0 spiro atoms. The van der Waals surface area contributed by atoms with Gasteiger partial charge in [-0.25, -0.2) is 0 Å². The van der Waals surface area contributed by atoms with E-state index in [1.807, 2.05) is 0 Å². The Kier molecular flexibility index (Phi) is 28.4. The Labute approximate surface area is 198 Å². The van der Waals surface area contributed by atoms with Crippen molar-refractivity contribution >= 4 is 5.97 Å². The van der Waals surface area contributed by atoms with Crippen molar-refractivity contribution in [1.29, 1.82) is 0 Å². The second kappa shape index (κ2) is 29.1. The van der Waals surface area contributed by atoms with Crippen LogP contribution in [0.5, 0.6) is 0 Å². The fourth-order valence-electron chi connectivity index (χ4n) is 2.40. The Bertz CT molecular complexity index is 393. The maximum absolute atomic E-state index is 10.3. The Balaban J connectivity index is 3.01. The van der Waals surface area contributed by atoms with Crippen molar-refractivity contribution in [1.82, 2.24) is 10.6 Å². The van der Waals surface area contributed by atoms with Gasteiger partial charge in [0.15, 0.2) is 0 Å². The van der Waals surface area contributed by atoms with E-state index in [9.17, 15) is 4.79 Å². The summed E-state index contributed by atoms with van der Waals surface area (Å²) in [6.45, 7) is 10.8. The smallest absolute Gasteiger partial charge is 0.305 e. The molecule has 0 aromatic carbocycles. The maximum Gasteiger partial charge on any atom is 0.305 e. The average Bonchev–Trinajstić information content (AvgIpc) is 2.80. The molecule has 11 heteroatoms. The van der Waals surface area contributed by atoms with Crippen LogP contribution in [-0.4, -0.2) is 130 Å². The minimum absolute atomic E-state index is 0.0295. The molecule has 0 aromatic heterocycles. The molecule has 0 aliphatic heterocycles. The third-order valence-electron chi connectivity index (χ3n) is 4.14. The third-order valence-corrected chi connectivity index (χ3v) is 4.14. The van der Waals surface area contributed by atoms with Crippen LogP contribution >= 0.6 is 0 Å². The molecule has 3 N–H and O–H groups in total. The van der Waals surface area contributed by atoms with E-state index in [0.29, 0.717) is 72.7 Å². The van der Waals surface area contributed by atoms with Gasteiger partial charge < -0.3 is 48.9 Å². The lowest BCUT2D eigenvalue weighted by Crippen LogP contribution is -2.24. The first-order valence-corrected chi connectivity index (χ1v) is 11.9. The molecular weight excluding hydrogens is 436 g/mol. The molecule has 0 fully saturated rings. The predicted octanol–water partition coefficient (Wildman–Crippen LogP) is 0.167. The number of nitrogens with one attached hydrogen (secondary N) is 2. The van der Waals surface area contributed by atoms with Gasteiger partial charge in [0, 0.05) is 33.4 Å². The van der Waals surface area contributed by atoms with Gasteiger partial charge in [-0.2, -0.15) is 0 Å². The van der Waals surface area contributed by atoms with Crippen molar-refractivity contribution in [3.05, 3.63) is 0 Å². The van der Waals surface area contributed by atoms with Gasteiger partial charge in [0.2, 0.25) is 0 Å². The fourth-order valence-corrected chi connectivity index (χ4v) is 2.40. The summed E-state index contributed by atoms with van der Waals surface area (Å²) in [7, 11) is 1.65. The van der Waals surface area contributed by atoms with Crippen molar-refractivity contribution in [2.45, 2.75) is 19.3 Å². The van der Waals surface area contributed by atoms with Gasteiger partial charge in [0.1, 0.15) is 0 Å². The van der Waals surface area contributed by atoms with Crippen LogP contribution in [0.1, 0.15) is 19.3 Å². The van der Waals surface area contributed by atoms with Crippen molar-refractivity contribution in [3.63, 3.8) is 0 Å². The Hall–Kier alpha value is -0.890. The topological polar surface area (TPSA) is 126 Å². The summed E-state index contributed by atoms with van der Waals surface area (Å²) >= 11 is 0. The number of hydrogen-bond acceptors (Lipinski definition) is 10. The van der Waals surface area contributed by atoms with E-state index in [0.717, 1.165) is 45.6 Å². The van der Waals surface area contributed by atoms with Crippen molar-refractivity contribution < 1.29 is 43.1 Å². The predicted molar refractivity (Wildman–Crippen MR) is 124 cm³/mol. The number of carboxylic acids is 1. The molecule has 0 saturated carbocycles. The Morgan fingerprint density at radius 1 is 0.545 bits per heavy atom. The summed E-state index contributed by atoms with van der Waals surface area (Å²) in [5.74, 6) is -0.849. The number of hydrogen-bond donors (Lipinski definition) is 3. The molecule has 0 aliphatic carbocycles. The van der Waals surface area contributed by atoms with Crippen LogP contribution in [0.4, 0.5) is 0 Å². The van der Waals surface area contributed by atoms with E-state index in [2.05, 4.69) is 10.6 Å². The van der Waals surface area contributed by atoms with Gasteiger partial charge >= 0.3 is 5.97 Å². The van der Waals surface area contributed by atoms with Crippen LogP contribution in [0.15, 0.2) is 0 Å². The molecule has 11 nitrogen and oxygen atoms in total. The Morgan fingerprint density at radius 2 is 0.939 bits per heavy atom. The van der Waals surface area contributed by atoms with Crippen LogP contribution in [-0.2, 0) is 38.0 Å². The zero-order valence-electron chi connectivity index (χ0n) is 20.4. The summed E-state index contributed by atoms with van der Waals surface area (Å²) in [5, 5.41) is 15.1. The molecule has 33 heavy (non-hydrogen) atoms. The molecule has 0 atom stereocenters. The van der Waals surface area contributed by atoms with Crippen LogP contribution in [0.3, 0.4) is 0 Å². The number of carbonyl (C=O) groups is 1. The quantitative estimate of drug-likeness (QED) is 0.126. The second-order valence-corrected chi connectivity index (χ2v) is 7.02. The molecule has 0 amide bonds. The van der Waals surface area contributed by atoms with Gasteiger partial charge in [0.25, 0.3) is 0 Å². The van der Waals surface area contributed by atoms with E-state index >= 15 is 0 Å². The van der Waals surface area contributed by atoms with E-state index in [-0.39, 0.29) is 13.0 Å². The third kappa shape index (κ3) is 31.1. The first-order chi connectivity index (χ1) is 16.3.